The number of nitriles is 1. The molecule has 0 amide bonds. The predicted molar refractivity (Wildman–Crippen MR) is 91.2 cm³/mol. The van der Waals surface area contributed by atoms with E-state index >= 15 is 0 Å². The Labute approximate surface area is 146 Å². The first kappa shape index (κ1) is 17.9. The number of nitrogens with one attached hydrogen (secondary N) is 1. The Morgan fingerprint density at radius 2 is 2.21 bits per heavy atom. The van der Waals surface area contributed by atoms with Crippen LogP contribution < -0.4 is 5.32 Å². The molecule has 5 nitrogen and oxygen atoms in total. The average molecular weight is 347 g/mol. The second-order valence-electron chi connectivity index (χ2n) is 5.53. The molecule has 24 heavy (non-hydrogen) atoms. The number of carbonyl (C=O) groups is 1. The van der Waals surface area contributed by atoms with Gasteiger partial charge in [-0.25, -0.2) is 4.79 Å². The summed E-state index contributed by atoms with van der Waals surface area (Å²) in [6.07, 6.45) is 0.613. The molecule has 3 unspecified atom stereocenters. The fraction of sp³-hybridized carbons (Fsp3) is 0.333. The van der Waals surface area contributed by atoms with E-state index in [1.165, 1.54) is 6.08 Å². The third-order valence-corrected chi connectivity index (χ3v) is 4.24. The summed E-state index contributed by atoms with van der Waals surface area (Å²) >= 11 is 6.32. The molecule has 1 aromatic rings. The van der Waals surface area contributed by atoms with Crippen molar-refractivity contribution >= 4 is 17.8 Å². The van der Waals surface area contributed by atoms with Crippen molar-refractivity contribution in [1.29, 1.82) is 5.26 Å². The maximum Gasteiger partial charge on any atom is 0.513 e. The van der Waals surface area contributed by atoms with E-state index in [-0.39, 0.29) is 12.6 Å². The number of carbonyl (C=O) groups excluding carboxylic acids is 1. The average Bonchev–Trinajstić information content (AvgIpc) is 2.55. The van der Waals surface area contributed by atoms with Crippen LogP contribution in [0.25, 0.3) is 0 Å². The Morgan fingerprint density at radius 1 is 1.50 bits per heavy atom. The van der Waals surface area contributed by atoms with E-state index in [4.69, 9.17) is 21.1 Å². The molecule has 0 saturated carbocycles. The van der Waals surface area contributed by atoms with Gasteiger partial charge in [0.1, 0.15) is 12.4 Å². The van der Waals surface area contributed by atoms with Gasteiger partial charge in [-0.3, -0.25) is 0 Å². The number of benzene rings is 1. The molecule has 0 bridgehead atoms. The van der Waals surface area contributed by atoms with Gasteiger partial charge in [0.25, 0.3) is 0 Å². The lowest BCUT2D eigenvalue weighted by molar-refractivity contribution is 0.0761. The van der Waals surface area contributed by atoms with Gasteiger partial charge in [-0.15, -0.1) is 0 Å². The number of allylic oxidation sites excluding steroid dienone is 2. The topological polar surface area (TPSA) is 71.3 Å². The van der Waals surface area contributed by atoms with Crippen LogP contribution in [0.5, 0.6) is 0 Å². The van der Waals surface area contributed by atoms with E-state index in [9.17, 15) is 10.1 Å². The summed E-state index contributed by atoms with van der Waals surface area (Å²) in [5.74, 6) is -0.561. The Kier molecular flexibility index (Phi) is 5.88. The molecular weight excluding hydrogens is 328 g/mol. The summed E-state index contributed by atoms with van der Waals surface area (Å²) in [5, 5.41) is 13.3. The van der Waals surface area contributed by atoms with E-state index in [1.807, 2.05) is 25.1 Å². The SMILES string of the molecule is C=CCOC(=O)OC1=C(C)NC(C)C(C#N)C1c1ccccc1Cl. The maximum atomic E-state index is 11.9. The molecule has 0 aliphatic carbocycles. The van der Waals surface area contributed by atoms with Gasteiger partial charge in [0.05, 0.1) is 17.9 Å². The zero-order valence-electron chi connectivity index (χ0n) is 13.6. The fourth-order valence-corrected chi connectivity index (χ4v) is 3.08. The highest BCUT2D eigenvalue weighted by molar-refractivity contribution is 6.31. The molecular formula is C18H19ClN2O3. The molecule has 1 aliphatic heterocycles. The van der Waals surface area contributed by atoms with Gasteiger partial charge in [0.2, 0.25) is 0 Å². The Morgan fingerprint density at radius 3 is 2.83 bits per heavy atom. The predicted octanol–water partition coefficient (Wildman–Crippen LogP) is 4.13. The van der Waals surface area contributed by atoms with Crippen LogP contribution in [0.15, 0.2) is 48.4 Å². The van der Waals surface area contributed by atoms with Crippen molar-refractivity contribution in [2.45, 2.75) is 25.8 Å². The van der Waals surface area contributed by atoms with Crippen molar-refractivity contribution in [2.24, 2.45) is 5.92 Å². The Hall–Kier alpha value is -2.45. The number of rotatable bonds is 4. The molecule has 1 N–H and O–H groups in total. The first-order valence-electron chi connectivity index (χ1n) is 7.56. The molecule has 2 rings (SSSR count). The molecule has 0 saturated heterocycles. The van der Waals surface area contributed by atoms with Crippen LogP contribution in [-0.2, 0) is 9.47 Å². The van der Waals surface area contributed by atoms with Crippen LogP contribution in [0.1, 0.15) is 25.3 Å². The second kappa shape index (κ2) is 7.89. The molecule has 3 atom stereocenters. The van der Waals surface area contributed by atoms with Gasteiger partial charge in [-0.2, -0.15) is 5.26 Å². The molecule has 0 aromatic heterocycles. The highest BCUT2D eigenvalue weighted by atomic mass is 35.5. The molecule has 6 heteroatoms. The zero-order valence-corrected chi connectivity index (χ0v) is 14.3. The van der Waals surface area contributed by atoms with Crippen molar-refractivity contribution in [3.8, 4) is 6.07 Å². The molecule has 1 aliphatic rings. The first-order chi connectivity index (χ1) is 11.5. The van der Waals surface area contributed by atoms with Gasteiger partial charge < -0.3 is 14.8 Å². The molecule has 0 fully saturated rings. The maximum absolute atomic E-state index is 11.9. The third-order valence-electron chi connectivity index (χ3n) is 3.90. The Bertz CT molecular complexity index is 708. The molecule has 0 spiro atoms. The number of hydrogen-bond acceptors (Lipinski definition) is 5. The van der Waals surface area contributed by atoms with E-state index < -0.39 is 18.0 Å². The lowest BCUT2D eigenvalue weighted by Gasteiger charge is -2.36. The highest BCUT2D eigenvalue weighted by Gasteiger charge is 2.39. The van der Waals surface area contributed by atoms with Gasteiger partial charge in [0, 0.05) is 16.8 Å². The molecule has 126 valence electrons. The van der Waals surface area contributed by atoms with Crippen LogP contribution in [0.2, 0.25) is 5.02 Å². The van der Waals surface area contributed by atoms with Gasteiger partial charge in [-0.05, 0) is 25.5 Å². The number of nitrogens with zero attached hydrogens (tertiary/aromatic N) is 1. The Balaban J connectivity index is 2.44. The monoisotopic (exact) mass is 346 g/mol. The molecule has 0 radical (unpaired) electrons. The third kappa shape index (κ3) is 3.72. The van der Waals surface area contributed by atoms with Crippen molar-refractivity contribution in [1.82, 2.24) is 5.32 Å². The smallest absolute Gasteiger partial charge is 0.430 e. The summed E-state index contributed by atoms with van der Waals surface area (Å²) in [4.78, 5) is 11.9. The second-order valence-corrected chi connectivity index (χ2v) is 5.94. The highest BCUT2D eigenvalue weighted by Crippen LogP contribution is 2.41. The van der Waals surface area contributed by atoms with Crippen LogP contribution in [0, 0.1) is 17.2 Å². The molecule has 1 aromatic carbocycles. The first-order valence-corrected chi connectivity index (χ1v) is 7.94. The summed E-state index contributed by atoms with van der Waals surface area (Å²) in [5.41, 5.74) is 1.42. The zero-order chi connectivity index (χ0) is 17.7. The van der Waals surface area contributed by atoms with Gasteiger partial charge in [-0.1, -0.05) is 42.5 Å². The van der Waals surface area contributed by atoms with Crippen LogP contribution >= 0.6 is 11.6 Å². The number of ether oxygens (including phenoxy) is 2. The van der Waals surface area contributed by atoms with Crippen molar-refractivity contribution in [2.75, 3.05) is 6.61 Å². The quantitative estimate of drug-likeness (QED) is 0.655. The standard InChI is InChI=1S/C18H19ClN2O3/c1-4-9-23-18(22)24-17-12(3)21-11(2)14(10-20)16(17)13-7-5-6-8-15(13)19/h4-8,11,14,16,21H,1,9H2,2-3H3. The largest absolute Gasteiger partial charge is 0.513 e. The lowest BCUT2D eigenvalue weighted by Crippen LogP contribution is -2.42. The normalized spacial score (nSPS) is 23.0. The minimum absolute atomic E-state index is 0.0490. The summed E-state index contributed by atoms with van der Waals surface area (Å²) in [6.45, 7) is 7.24. The van der Waals surface area contributed by atoms with E-state index in [0.717, 1.165) is 5.56 Å². The van der Waals surface area contributed by atoms with Crippen molar-refractivity contribution in [3.63, 3.8) is 0 Å². The van der Waals surface area contributed by atoms with Gasteiger partial charge in [0.15, 0.2) is 0 Å². The van der Waals surface area contributed by atoms with Crippen molar-refractivity contribution in [3.05, 3.63) is 59.0 Å². The van der Waals surface area contributed by atoms with E-state index in [1.54, 1.807) is 13.0 Å². The number of hydrogen-bond donors (Lipinski definition) is 1. The fourth-order valence-electron chi connectivity index (χ4n) is 2.82. The van der Waals surface area contributed by atoms with Crippen molar-refractivity contribution < 1.29 is 14.3 Å². The van der Waals surface area contributed by atoms with Crippen LogP contribution in [0.4, 0.5) is 4.79 Å². The number of halogens is 1. The minimum atomic E-state index is -0.839. The van der Waals surface area contributed by atoms with Gasteiger partial charge >= 0.3 is 6.16 Å². The van der Waals surface area contributed by atoms with E-state index in [0.29, 0.717) is 16.5 Å². The summed E-state index contributed by atoms with van der Waals surface area (Å²) in [6, 6.07) is 9.41. The molecule has 1 heterocycles. The summed E-state index contributed by atoms with van der Waals surface area (Å²) in [7, 11) is 0. The van der Waals surface area contributed by atoms with Crippen LogP contribution in [0.3, 0.4) is 0 Å². The van der Waals surface area contributed by atoms with Crippen LogP contribution in [-0.4, -0.2) is 18.8 Å². The summed E-state index contributed by atoms with van der Waals surface area (Å²) < 4.78 is 10.3. The lowest BCUT2D eigenvalue weighted by atomic mass is 9.78. The minimum Gasteiger partial charge on any atom is -0.430 e. The van der Waals surface area contributed by atoms with E-state index in [2.05, 4.69) is 18.0 Å².